The van der Waals surface area contributed by atoms with Crippen LogP contribution in [0.5, 0.6) is 0 Å². The van der Waals surface area contributed by atoms with Crippen molar-refractivity contribution in [2.75, 3.05) is 41.0 Å². The smallest absolute Gasteiger partial charge is 0.362 e. The zero-order chi connectivity index (χ0) is 40.7. The summed E-state index contributed by atoms with van der Waals surface area (Å²) >= 11 is 0. The zero-order valence-corrected chi connectivity index (χ0v) is 35.6. The summed E-state index contributed by atoms with van der Waals surface area (Å²) in [4.78, 5) is 36.9. The van der Waals surface area contributed by atoms with Gasteiger partial charge in [-0.2, -0.15) is 0 Å². The van der Waals surface area contributed by atoms with Crippen molar-refractivity contribution in [1.82, 2.24) is 0 Å². The van der Waals surface area contributed by atoms with Gasteiger partial charge in [0.1, 0.15) is 6.61 Å². The van der Waals surface area contributed by atoms with Crippen LogP contribution in [0.25, 0.3) is 0 Å². The van der Waals surface area contributed by atoms with Crippen LogP contribution in [-0.4, -0.2) is 80.6 Å². The van der Waals surface area contributed by atoms with Gasteiger partial charge in [0.25, 0.3) is 0 Å². The lowest BCUT2D eigenvalue weighted by Crippen LogP contribution is -2.50. The van der Waals surface area contributed by atoms with Crippen molar-refractivity contribution in [3.05, 3.63) is 72.9 Å². The first kappa shape index (κ1) is 51.8. The highest BCUT2D eigenvalue weighted by molar-refractivity contribution is 5.72. The number of hydrogen-bond acceptors (Lipinski definition) is 6. The van der Waals surface area contributed by atoms with E-state index in [1.165, 1.54) is 38.5 Å². The highest BCUT2D eigenvalue weighted by atomic mass is 16.6. The molecule has 0 spiro atoms. The SMILES string of the molecule is CC/C=C/C/C=C/C/C=C/CCCCCCCCCCCC(=O)OCC(COCCC(C(=O)O)[N+](C)(C)C)OC(=O)CCCC/C=C/C/C=C/C/C=C/CC. The molecular formula is C47H80NO7+. The first-order valence-corrected chi connectivity index (χ1v) is 21.5. The standard InChI is InChI=1S/C47H79NO7/c1-6-8-10-12-14-16-18-20-21-22-23-24-25-26-28-29-31-33-35-37-45(49)54-42-43(41-53-40-39-44(47(51)52)48(3,4)5)55-46(50)38-36-34-32-30-27-19-17-15-13-11-9-7-2/h8-11,14-17,20-21,27,30,43-44H,6-7,12-13,18-19,22-26,28-29,31-42H2,1-5H3/p+1/b10-8+,11-9+,16-14+,17-15+,21-20+,30-27+. The first-order chi connectivity index (χ1) is 26.6. The normalized spacial score (nSPS) is 13.7. The van der Waals surface area contributed by atoms with E-state index in [1.54, 1.807) is 0 Å². The summed E-state index contributed by atoms with van der Waals surface area (Å²) in [5.74, 6) is -1.54. The van der Waals surface area contributed by atoms with E-state index in [0.29, 0.717) is 19.3 Å². The number of unbranched alkanes of at least 4 members (excludes halogenated alkanes) is 11. The van der Waals surface area contributed by atoms with Crippen molar-refractivity contribution in [2.24, 2.45) is 0 Å². The fourth-order valence-electron chi connectivity index (χ4n) is 5.82. The highest BCUT2D eigenvalue weighted by Gasteiger charge is 2.31. The van der Waals surface area contributed by atoms with Gasteiger partial charge in [0.15, 0.2) is 12.1 Å². The number of likely N-dealkylation sites (N-methyl/N-ethyl adjacent to an activating group) is 1. The molecule has 2 unspecified atom stereocenters. The second kappa shape index (κ2) is 37.7. The maximum Gasteiger partial charge on any atom is 0.362 e. The Hall–Kier alpha value is -3.23. The number of carboxylic acids is 1. The summed E-state index contributed by atoms with van der Waals surface area (Å²) in [6, 6.07) is -0.625. The fourth-order valence-corrected chi connectivity index (χ4v) is 5.82. The van der Waals surface area contributed by atoms with E-state index >= 15 is 0 Å². The van der Waals surface area contributed by atoms with Gasteiger partial charge in [-0.25, -0.2) is 4.79 Å². The molecule has 0 aliphatic rings. The van der Waals surface area contributed by atoms with Crippen molar-refractivity contribution in [3.63, 3.8) is 0 Å². The van der Waals surface area contributed by atoms with Gasteiger partial charge in [-0.1, -0.05) is 132 Å². The molecule has 2 atom stereocenters. The molecule has 8 nitrogen and oxygen atoms in total. The molecule has 0 aromatic rings. The first-order valence-electron chi connectivity index (χ1n) is 21.5. The summed E-state index contributed by atoms with van der Waals surface area (Å²) in [6.45, 7) is 4.44. The third-order valence-electron chi connectivity index (χ3n) is 9.10. The Balaban J connectivity index is 4.36. The molecule has 0 radical (unpaired) electrons. The summed E-state index contributed by atoms with van der Waals surface area (Å²) in [5, 5.41) is 9.60. The van der Waals surface area contributed by atoms with Gasteiger partial charge in [-0.3, -0.25) is 9.59 Å². The van der Waals surface area contributed by atoms with Crippen LogP contribution >= 0.6 is 0 Å². The van der Waals surface area contributed by atoms with Crippen molar-refractivity contribution < 1.29 is 38.2 Å². The third kappa shape index (κ3) is 36.2. The number of carbonyl (C=O) groups excluding carboxylic acids is 2. The average molecular weight is 771 g/mol. The minimum Gasteiger partial charge on any atom is -0.477 e. The molecule has 0 saturated carbocycles. The number of carbonyl (C=O) groups is 3. The predicted molar refractivity (Wildman–Crippen MR) is 229 cm³/mol. The molecule has 0 aromatic carbocycles. The number of quaternary nitrogens is 1. The number of aliphatic carboxylic acids is 1. The fraction of sp³-hybridized carbons (Fsp3) is 0.681. The summed E-state index contributed by atoms with van der Waals surface area (Å²) in [6.07, 6.45) is 46.7. The van der Waals surface area contributed by atoms with Crippen LogP contribution in [-0.2, 0) is 28.6 Å². The maximum atomic E-state index is 12.7. The van der Waals surface area contributed by atoms with Gasteiger partial charge >= 0.3 is 17.9 Å². The van der Waals surface area contributed by atoms with Gasteiger partial charge in [0, 0.05) is 19.3 Å². The van der Waals surface area contributed by atoms with Crippen molar-refractivity contribution >= 4 is 17.9 Å². The maximum absolute atomic E-state index is 12.7. The van der Waals surface area contributed by atoms with Crippen molar-refractivity contribution in [3.8, 4) is 0 Å². The number of esters is 2. The second-order valence-corrected chi connectivity index (χ2v) is 15.2. The topological polar surface area (TPSA) is 99.1 Å². The molecular weight excluding hydrogens is 691 g/mol. The number of hydrogen-bond donors (Lipinski definition) is 1. The molecule has 314 valence electrons. The van der Waals surface area contributed by atoms with E-state index in [9.17, 15) is 19.5 Å². The Morgan fingerprint density at radius 2 is 0.964 bits per heavy atom. The number of carboxylic acid groups (broad SMARTS) is 1. The molecule has 55 heavy (non-hydrogen) atoms. The third-order valence-corrected chi connectivity index (χ3v) is 9.10. The minimum absolute atomic E-state index is 0.0404. The Kier molecular flexibility index (Phi) is 35.5. The molecule has 8 heteroatoms. The molecule has 0 aliphatic carbocycles. The molecule has 0 fully saturated rings. The quantitative estimate of drug-likeness (QED) is 0.0291. The van der Waals surface area contributed by atoms with Gasteiger partial charge in [-0.05, 0) is 77.0 Å². The van der Waals surface area contributed by atoms with E-state index in [1.807, 2.05) is 21.1 Å². The monoisotopic (exact) mass is 771 g/mol. The Bertz CT molecular complexity index is 1130. The molecule has 0 aromatic heterocycles. The molecule has 0 amide bonds. The summed E-state index contributed by atoms with van der Waals surface area (Å²) < 4.78 is 17.2. The molecule has 0 bridgehead atoms. The van der Waals surface area contributed by atoms with Gasteiger partial charge in [0.05, 0.1) is 34.4 Å². The van der Waals surface area contributed by atoms with E-state index in [0.717, 1.165) is 77.0 Å². The van der Waals surface area contributed by atoms with Crippen LogP contribution in [0.4, 0.5) is 0 Å². The van der Waals surface area contributed by atoms with Gasteiger partial charge < -0.3 is 23.8 Å². The molecule has 0 rings (SSSR count). The van der Waals surface area contributed by atoms with Crippen LogP contribution in [0.15, 0.2) is 72.9 Å². The lowest BCUT2D eigenvalue weighted by Gasteiger charge is -2.31. The Morgan fingerprint density at radius 3 is 1.45 bits per heavy atom. The van der Waals surface area contributed by atoms with Crippen molar-refractivity contribution in [1.29, 1.82) is 0 Å². The lowest BCUT2D eigenvalue weighted by atomic mass is 10.1. The number of allylic oxidation sites excluding steroid dienone is 12. The van der Waals surface area contributed by atoms with Crippen LogP contribution in [0.3, 0.4) is 0 Å². The number of nitrogens with zero attached hydrogens (tertiary/aromatic N) is 1. The second-order valence-electron chi connectivity index (χ2n) is 15.2. The van der Waals surface area contributed by atoms with E-state index in [4.69, 9.17) is 14.2 Å². The summed E-state index contributed by atoms with van der Waals surface area (Å²) in [5.41, 5.74) is 0. The van der Waals surface area contributed by atoms with E-state index in [-0.39, 0.29) is 42.7 Å². The van der Waals surface area contributed by atoms with Crippen LogP contribution in [0.1, 0.15) is 155 Å². The molecule has 0 saturated heterocycles. The predicted octanol–water partition coefficient (Wildman–Crippen LogP) is 11.6. The molecule has 1 N–H and O–H groups in total. The van der Waals surface area contributed by atoms with E-state index in [2.05, 4.69) is 86.8 Å². The molecule has 0 heterocycles. The summed E-state index contributed by atoms with van der Waals surface area (Å²) in [7, 11) is 5.50. The van der Waals surface area contributed by atoms with Gasteiger partial charge in [0.2, 0.25) is 0 Å². The number of rotatable bonds is 37. The molecule has 0 aliphatic heterocycles. The largest absolute Gasteiger partial charge is 0.477 e. The average Bonchev–Trinajstić information content (AvgIpc) is 3.14. The number of ether oxygens (including phenoxy) is 3. The minimum atomic E-state index is -0.885. The Labute approximate surface area is 336 Å². The van der Waals surface area contributed by atoms with Crippen LogP contribution in [0.2, 0.25) is 0 Å². The lowest BCUT2D eigenvalue weighted by molar-refractivity contribution is -0.887. The van der Waals surface area contributed by atoms with Crippen LogP contribution < -0.4 is 0 Å². The van der Waals surface area contributed by atoms with Crippen molar-refractivity contribution in [2.45, 2.75) is 167 Å². The van der Waals surface area contributed by atoms with Gasteiger partial charge in [-0.15, -0.1) is 0 Å². The zero-order valence-electron chi connectivity index (χ0n) is 35.6. The highest BCUT2D eigenvalue weighted by Crippen LogP contribution is 2.13. The van der Waals surface area contributed by atoms with E-state index < -0.39 is 18.1 Å². The van der Waals surface area contributed by atoms with Crippen LogP contribution in [0, 0.1) is 0 Å². The Morgan fingerprint density at radius 1 is 0.545 bits per heavy atom.